The minimum absolute atomic E-state index is 0.0149. The zero-order valence-corrected chi connectivity index (χ0v) is 34.9. The van der Waals surface area contributed by atoms with Crippen LogP contribution in [0.5, 0.6) is 0 Å². The van der Waals surface area contributed by atoms with Crippen LogP contribution >= 0.6 is 0 Å². The van der Waals surface area contributed by atoms with Crippen molar-refractivity contribution in [1.29, 1.82) is 0 Å². The molecule has 0 aromatic rings. The van der Waals surface area contributed by atoms with Crippen LogP contribution in [0.1, 0.15) is 111 Å². The van der Waals surface area contributed by atoms with Crippen molar-refractivity contribution in [2.75, 3.05) is 40.1 Å². The highest BCUT2D eigenvalue weighted by Crippen LogP contribution is 2.61. The molecule has 0 spiro atoms. The molecule has 7 rings (SSSR count). The van der Waals surface area contributed by atoms with E-state index in [1.807, 2.05) is 14.1 Å². The summed E-state index contributed by atoms with van der Waals surface area (Å²) in [6, 6.07) is -0.563. The first-order valence-electron chi connectivity index (χ1n) is 21.3. The molecular formula is C41H72N4O8S. The summed E-state index contributed by atoms with van der Waals surface area (Å²) in [4.78, 5) is 36.5. The molecule has 1 aliphatic heterocycles. The largest absolute Gasteiger partial charge is 0.394 e. The normalized spacial score (nSPS) is 40.9. The predicted molar refractivity (Wildman–Crippen MR) is 207 cm³/mol. The number of carbonyl (C=O) groups excluding carboxylic acids is 2. The second-order valence-corrected chi connectivity index (χ2v) is 21.1. The highest BCUT2D eigenvalue weighted by atomic mass is 32.2. The molecule has 7 aliphatic rings. The predicted octanol–water partition coefficient (Wildman–Crippen LogP) is 3.95. The van der Waals surface area contributed by atoms with Crippen LogP contribution in [0.25, 0.3) is 0 Å². The van der Waals surface area contributed by atoms with Gasteiger partial charge >= 0.3 is 0 Å². The Morgan fingerprint density at radius 2 is 1.72 bits per heavy atom. The molecule has 6 saturated carbocycles. The van der Waals surface area contributed by atoms with E-state index in [0.717, 1.165) is 64.2 Å². The number of fused-ring (bicyclic) bond motifs is 2. The molecular weight excluding hydrogens is 709 g/mol. The molecule has 7 fully saturated rings. The molecule has 1 saturated heterocycles. The van der Waals surface area contributed by atoms with Gasteiger partial charge in [-0.2, -0.15) is 5.06 Å². The summed E-state index contributed by atoms with van der Waals surface area (Å²) in [5.41, 5.74) is 0.293. The van der Waals surface area contributed by atoms with E-state index in [-0.39, 0.29) is 66.0 Å². The smallest absolute Gasteiger partial charge is 0.240 e. The molecule has 54 heavy (non-hydrogen) atoms. The zero-order chi connectivity index (χ0) is 39.1. The number of hydrogen-bond acceptors (Lipinski definition) is 10. The van der Waals surface area contributed by atoms with Crippen LogP contribution in [0.4, 0.5) is 0 Å². The first kappa shape index (κ1) is 42.3. The Bertz CT molecular complexity index is 1400. The molecule has 13 heteroatoms. The van der Waals surface area contributed by atoms with E-state index in [0.29, 0.717) is 42.6 Å². The van der Waals surface area contributed by atoms with Gasteiger partial charge in [0, 0.05) is 43.5 Å². The lowest BCUT2D eigenvalue weighted by Gasteiger charge is -2.62. The summed E-state index contributed by atoms with van der Waals surface area (Å²) in [6.07, 6.45) is 10.3. The Morgan fingerprint density at radius 3 is 2.33 bits per heavy atom. The standard InChI is InChI=1S/C41H72N4O8S/c1-24-33-19-30(41(33,3)4)20-34(24)42-40(49)37-36(25(2)47)35(22-46)53-45(37)21-27-14-11-15-32(38(27)52-7)28-16-29(18-31(17-28)44(5)6)39(48)43-54(50,51)23-26-12-9-8-10-13-26/h24-38,46-47H,8-23H2,1-7H3,(H,42,49)(H,43,48)/t24-,25-,27?,28?,29?,30+,31?,32?,33-,34-,35-,36+,37-,38?/m0/s1. The van der Waals surface area contributed by atoms with E-state index in [1.54, 1.807) is 19.1 Å². The maximum atomic E-state index is 14.3. The van der Waals surface area contributed by atoms with Gasteiger partial charge in [-0.3, -0.25) is 19.1 Å². The second kappa shape index (κ2) is 17.2. The van der Waals surface area contributed by atoms with Crippen molar-refractivity contribution in [3.8, 4) is 0 Å². The van der Waals surface area contributed by atoms with Crippen LogP contribution in [-0.4, -0.2) is 117 Å². The van der Waals surface area contributed by atoms with Crippen LogP contribution in [-0.2, 0) is 29.2 Å². The van der Waals surface area contributed by atoms with Crippen LogP contribution in [0.3, 0.4) is 0 Å². The third-order valence-corrected chi connectivity index (χ3v) is 17.0. The number of aliphatic hydroxyl groups excluding tert-OH is 2. The number of nitrogens with one attached hydrogen (secondary N) is 2. The number of aliphatic hydroxyl groups is 2. The third kappa shape index (κ3) is 8.87. The Hall–Kier alpha value is -1.35. The Kier molecular flexibility index (Phi) is 13.5. The molecule has 1 heterocycles. The molecule has 0 radical (unpaired) electrons. The fraction of sp³-hybridized carbons (Fsp3) is 0.951. The van der Waals surface area contributed by atoms with Gasteiger partial charge in [0.15, 0.2) is 0 Å². The summed E-state index contributed by atoms with van der Waals surface area (Å²) in [5.74, 6) is 0.405. The Morgan fingerprint density at radius 1 is 1.00 bits per heavy atom. The van der Waals surface area contributed by atoms with Crippen molar-refractivity contribution in [3.63, 3.8) is 0 Å². The van der Waals surface area contributed by atoms with E-state index in [2.05, 4.69) is 35.7 Å². The van der Waals surface area contributed by atoms with Gasteiger partial charge < -0.3 is 25.2 Å². The summed E-state index contributed by atoms with van der Waals surface area (Å²) < 4.78 is 35.2. The van der Waals surface area contributed by atoms with Gasteiger partial charge in [0.05, 0.1) is 24.6 Å². The highest BCUT2D eigenvalue weighted by molar-refractivity contribution is 7.90. The summed E-state index contributed by atoms with van der Waals surface area (Å²) in [7, 11) is 2.08. The molecule has 6 aliphatic carbocycles. The van der Waals surface area contributed by atoms with Gasteiger partial charge in [0.25, 0.3) is 0 Å². The molecule has 0 aromatic carbocycles. The van der Waals surface area contributed by atoms with E-state index in [9.17, 15) is 28.2 Å². The monoisotopic (exact) mass is 781 g/mol. The topological polar surface area (TPSA) is 158 Å². The Labute approximate surface area is 325 Å². The molecule has 310 valence electrons. The van der Waals surface area contributed by atoms with E-state index < -0.39 is 40.1 Å². The average Bonchev–Trinajstić information content (AvgIpc) is 3.50. The molecule has 12 nitrogen and oxygen atoms in total. The number of hydroxylamine groups is 2. The lowest BCUT2D eigenvalue weighted by atomic mass is 9.45. The lowest BCUT2D eigenvalue weighted by molar-refractivity contribution is -0.193. The average molecular weight is 781 g/mol. The van der Waals surface area contributed by atoms with E-state index in [4.69, 9.17) is 9.57 Å². The molecule has 4 N–H and O–H groups in total. The summed E-state index contributed by atoms with van der Waals surface area (Å²) >= 11 is 0. The highest BCUT2D eigenvalue weighted by Gasteiger charge is 2.58. The molecule has 2 bridgehead atoms. The van der Waals surface area contributed by atoms with Crippen LogP contribution in [0.15, 0.2) is 0 Å². The number of hydrogen-bond donors (Lipinski definition) is 4. The summed E-state index contributed by atoms with van der Waals surface area (Å²) in [6.45, 7) is 8.73. The lowest BCUT2D eigenvalue weighted by Crippen LogP contribution is -2.62. The van der Waals surface area contributed by atoms with Gasteiger partial charge in [-0.15, -0.1) is 0 Å². The maximum Gasteiger partial charge on any atom is 0.240 e. The zero-order valence-electron chi connectivity index (χ0n) is 34.1. The Balaban J connectivity index is 1.15. The number of carbonyl (C=O) groups is 2. The number of methoxy groups -OCH3 is 1. The second-order valence-electron chi connectivity index (χ2n) is 19.3. The summed E-state index contributed by atoms with van der Waals surface area (Å²) in [5, 5.41) is 26.5. The third-order valence-electron chi connectivity index (χ3n) is 15.6. The molecule has 0 aromatic heterocycles. The van der Waals surface area contributed by atoms with Crippen molar-refractivity contribution >= 4 is 21.8 Å². The number of sulfonamides is 1. The molecule has 14 atom stereocenters. The van der Waals surface area contributed by atoms with Crippen molar-refractivity contribution in [2.45, 2.75) is 148 Å². The van der Waals surface area contributed by atoms with Crippen molar-refractivity contribution in [2.24, 2.45) is 58.7 Å². The fourth-order valence-electron chi connectivity index (χ4n) is 12.4. The minimum Gasteiger partial charge on any atom is -0.394 e. The maximum absolute atomic E-state index is 14.3. The van der Waals surface area contributed by atoms with Gasteiger partial charge in [-0.05, 0) is 120 Å². The first-order valence-corrected chi connectivity index (χ1v) is 23.0. The number of ether oxygens (including phenoxy) is 1. The minimum atomic E-state index is -3.72. The SMILES string of the molecule is COC1C(CN2O[C@@H](CO)[C@@H]([C@H](C)O)[C@H]2C(=O)N[C@H]2C[C@H]3C[C@@H]([C@@H]2C)C3(C)C)CCCC1C1CC(C(=O)NS(=O)(=O)CC2CCCCC2)CC(N(C)C)C1. The van der Waals surface area contributed by atoms with Crippen LogP contribution < -0.4 is 10.0 Å². The quantitative estimate of drug-likeness (QED) is 0.216. The van der Waals surface area contributed by atoms with Crippen molar-refractivity contribution in [3.05, 3.63) is 0 Å². The van der Waals surface area contributed by atoms with Crippen LogP contribution in [0, 0.1) is 58.7 Å². The van der Waals surface area contributed by atoms with Crippen LogP contribution in [0.2, 0.25) is 0 Å². The van der Waals surface area contributed by atoms with Crippen molar-refractivity contribution < 1.29 is 37.8 Å². The number of nitrogens with zero attached hydrogens (tertiary/aromatic N) is 2. The number of rotatable bonds is 13. The van der Waals surface area contributed by atoms with E-state index in [1.165, 1.54) is 6.42 Å². The van der Waals surface area contributed by atoms with Crippen molar-refractivity contribution in [1.82, 2.24) is 20.0 Å². The molecule has 2 amide bonds. The molecule has 6 unspecified atom stereocenters. The van der Waals surface area contributed by atoms with Gasteiger partial charge in [0.2, 0.25) is 21.8 Å². The van der Waals surface area contributed by atoms with Gasteiger partial charge in [0.1, 0.15) is 12.1 Å². The number of amides is 2. The first-order chi connectivity index (χ1) is 25.5. The van der Waals surface area contributed by atoms with E-state index >= 15 is 0 Å². The van der Waals surface area contributed by atoms with Gasteiger partial charge in [-0.25, -0.2) is 8.42 Å². The fourth-order valence-corrected chi connectivity index (χ4v) is 13.9. The van der Waals surface area contributed by atoms with Gasteiger partial charge in [-0.1, -0.05) is 46.5 Å².